The van der Waals surface area contributed by atoms with Gasteiger partial charge in [-0.05, 0) is 54.1 Å². The Hall–Kier alpha value is -5.09. The minimum atomic E-state index is -0.281. The van der Waals surface area contributed by atoms with Crippen LogP contribution < -0.4 is 15.6 Å². The number of phenols is 1. The van der Waals surface area contributed by atoms with Crippen molar-refractivity contribution in [3.63, 3.8) is 0 Å². The van der Waals surface area contributed by atoms with Crippen LogP contribution in [-0.2, 0) is 16.0 Å². The van der Waals surface area contributed by atoms with Crippen LogP contribution in [0.15, 0.2) is 113 Å². The molecule has 0 unspecified atom stereocenters. The summed E-state index contributed by atoms with van der Waals surface area (Å²) in [6.07, 6.45) is 0.144. The first-order valence-corrected chi connectivity index (χ1v) is 13.4. The fraction of sp³-hybridized carbons (Fsp3) is 0.0667. The predicted octanol–water partition coefficient (Wildman–Crippen LogP) is 5.20. The Bertz CT molecular complexity index is 1640. The molecule has 0 spiro atoms. The SMILES string of the molecule is O=C(Cc1ccccc1)Nn1c(NCC(=O)N2c3ccccc3Sc3ccccc32)nnc1-c1ccc(O)cc1. The lowest BCUT2D eigenvalue weighted by Crippen LogP contribution is -2.34. The Morgan fingerprint density at radius 1 is 0.775 bits per heavy atom. The molecule has 2 heterocycles. The average Bonchev–Trinajstić information content (AvgIpc) is 3.37. The topological polar surface area (TPSA) is 112 Å². The molecule has 0 aliphatic carbocycles. The highest BCUT2D eigenvalue weighted by Gasteiger charge is 2.28. The molecule has 198 valence electrons. The summed E-state index contributed by atoms with van der Waals surface area (Å²) in [6, 6.07) is 31.3. The maximum absolute atomic E-state index is 13.7. The molecule has 3 N–H and O–H groups in total. The third-order valence-corrected chi connectivity index (χ3v) is 7.44. The standard InChI is InChI=1S/C30H24N6O3S/c37-22-16-14-21(15-17-22)29-32-33-30(36(29)34-27(38)18-20-8-2-1-3-9-20)31-19-28(39)35-23-10-4-6-12-25(23)40-26-13-7-5-11-24(26)35/h1-17,37H,18-19H2,(H,31,33)(H,34,38). The number of aromatic nitrogens is 3. The van der Waals surface area contributed by atoms with Crippen LogP contribution in [0, 0.1) is 0 Å². The van der Waals surface area contributed by atoms with E-state index in [-0.39, 0.29) is 36.5 Å². The zero-order valence-corrected chi connectivity index (χ0v) is 22.0. The van der Waals surface area contributed by atoms with E-state index in [4.69, 9.17) is 0 Å². The van der Waals surface area contributed by atoms with Crippen LogP contribution in [-0.4, -0.2) is 38.3 Å². The summed E-state index contributed by atoms with van der Waals surface area (Å²) in [5.41, 5.74) is 5.94. The maximum atomic E-state index is 13.7. The number of hydrogen-bond donors (Lipinski definition) is 3. The van der Waals surface area contributed by atoms with E-state index >= 15 is 0 Å². The third kappa shape index (κ3) is 5.12. The van der Waals surface area contributed by atoms with Crippen LogP contribution in [0.3, 0.4) is 0 Å². The molecule has 0 atom stereocenters. The lowest BCUT2D eigenvalue weighted by molar-refractivity contribution is -0.117. The van der Waals surface area contributed by atoms with Crippen LogP contribution in [0.2, 0.25) is 0 Å². The number of carbonyl (C=O) groups excluding carboxylic acids is 2. The highest BCUT2D eigenvalue weighted by atomic mass is 32.2. The second-order valence-corrected chi connectivity index (χ2v) is 10.1. The molecule has 0 fully saturated rings. The van der Waals surface area contributed by atoms with E-state index in [0.717, 1.165) is 26.7 Å². The van der Waals surface area contributed by atoms with E-state index in [2.05, 4.69) is 20.9 Å². The zero-order chi connectivity index (χ0) is 27.5. The second-order valence-electron chi connectivity index (χ2n) is 9.05. The number of rotatable bonds is 7. The normalized spacial score (nSPS) is 11.8. The Balaban J connectivity index is 1.28. The molecule has 0 saturated heterocycles. The number of phenolic OH excluding ortho intramolecular Hbond substituents is 1. The van der Waals surface area contributed by atoms with Gasteiger partial charge in [-0.15, -0.1) is 10.2 Å². The van der Waals surface area contributed by atoms with Crippen molar-refractivity contribution in [3.05, 3.63) is 109 Å². The van der Waals surface area contributed by atoms with Crippen molar-refractivity contribution in [2.45, 2.75) is 16.2 Å². The van der Waals surface area contributed by atoms with Crippen molar-refractivity contribution in [2.24, 2.45) is 0 Å². The fourth-order valence-corrected chi connectivity index (χ4v) is 5.51. The predicted molar refractivity (Wildman–Crippen MR) is 154 cm³/mol. The maximum Gasteiger partial charge on any atom is 0.251 e. The molecular formula is C30H24N6O3S. The molecule has 40 heavy (non-hydrogen) atoms. The van der Waals surface area contributed by atoms with Crippen molar-refractivity contribution in [2.75, 3.05) is 22.2 Å². The molecule has 9 nitrogen and oxygen atoms in total. The average molecular weight is 549 g/mol. The van der Waals surface area contributed by atoms with Crippen LogP contribution in [0.25, 0.3) is 11.4 Å². The fourth-order valence-electron chi connectivity index (χ4n) is 4.45. The zero-order valence-electron chi connectivity index (χ0n) is 21.2. The van der Waals surface area contributed by atoms with Gasteiger partial charge < -0.3 is 10.4 Å². The number of hydrogen-bond acceptors (Lipinski definition) is 7. The first kappa shape index (κ1) is 25.2. The van der Waals surface area contributed by atoms with Gasteiger partial charge in [0.15, 0.2) is 5.82 Å². The molecule has 1 aliphatic heterocycles. The van der Waals surface area contributed by atoms with E-state index < -0.39 is 0 Å². The van der Waals surface area contributed by atoms with Crippen LogP contribution in [0.4, 0.5) is 17.3 Å². The molecule has 1 aliphatic rings. The quantitative estimate of drug-likeness (QED) is 0.256. The van der Waals surface area contributed by atoms with Crippen molar-refractivity contribution in [1.82, 2.24) is 14.9 Å². The number of fused-ring (bicyclic) bond motifs is 2. The minimum absolute atomic E-state index is 0.102. The minimum Gasteiger partial charge on any atom is -0.508 e. The molecule has 5 aromatic rings. The Labute approximate surface area is 234 Å². The highest BCUT2D eigenvalue weighted by Crippen LogP contribution is 2.47. The molecule has 10 heteroatoms. The molecule has 1 aromatic heterocycles. The lowest BCUT2D eigenvalue weighted by atomic mass is 10.1. The van der Waals surface area contributed by atoms with Crippen molar-refractivity contribution in [1.29, 1.82) is 0 Å². The van der Waals surface area contributed by atoms with Crippen molar-refractivity contribution >= 4 is 40.9 Å². The smallest absolute Gasteiger partial charge is 0.251 e. The van der Waals surface area contributed by atoms with Crippen LogP contribution in [0.5, 0.6) is 5.75 Å². The monoisotopic (exact) mass is 548 g/mol. The van der Waals surface area contributed by atoms with E-state index in [0.29, 0.717) is 11.4 Å². The first-order chi connectivity index (χ1) is 19.6. The number of nitrogens with one attached hydrogen (secondary N) is 2. The van der Waals surface area contributed by atoms with Gasteiger partial charge >= 0.3 is 0 Å². The number of para-hydroxylation sites is 2. The summed E-state index contributed by atoms with van der Waals surface area (Å²) in [5, 5.41) is 21.3. The Morgan fingerprint density at radius 2 is 1.40 bits per heavy atom. The summed E-state index contributed by atoms with van der Waals surface area (Å²) < 4.78 is 1.43. The Morgan fingerprint density at radius 3 is 2.08 bits per heavy atom. The van der Waals surface area contributed by atoms with Crippen LogP contribution >= 0.6 is 11.8 Å². The van der Waals surface area contributed by atoms with Gasteiger partial charge in [-0.2, -0.15) is 4.68 Å². The van der Waals surface area contributed by atoms with Gasteiger partial charge in [-0.25, -0.2) is 0 Å². The van der Waals surface area contributed by atoms with E-state index in [1.165, 1.54) is 16.8 Å². The van der Waals surface area contributed by atoms with E-state index in [9.17, 15) is 14.7 Å². The number of amides is 2. The van der Waals surface area contributed by atoms with Gasteiger partial charge in [0.25, 0.3) is 5.91 Å². The van der Waals surface area contributed by atoms with E-state index in [1.54, 1.807) is 28.8 Å². The van der Waals surface area contributed by atoms with E-state index in [1.807, 2.05) is 78.9 Å². The molecular weight excluding hydrogens is 524 g/mol. The molecule has 2 amide bonds. The number of anilines is 3. The second kappa shape index (κ2) is 11.0. The largest absolute Gasteiger partial charge is 0.508 e. The number of aromatic hydroxyl groups is 1. The van der Waals surface area contributed by atoms with Gasteiger partial charge in [0.05, 0.1) is 24.3 Å². The Kier molecular flexibility index (Phi) is 6.90. The summed E-state index contributed by atoms with van der Waals surface area (Å²) in [4.78, 5) is 30.3. The summed E-state index contributed by atoms with van der Waals surface area (Å²) >= 11 is 1.62. The third-order valence-electron chi connectivity index (χ3n) is 6.31. The lowest BCUT2D eigenvalue weighted by Gasteiger charge is -2.31. The molecule has 0 radical (unpaired) electrons. The van der Waals surface area contributed by atoms with Crippen LogP contribution in [0.1, 0.15) is 5.56 Å². The summed E-state index contributed by atoms with van der Waals surface area (Å²) in [7, 11) is 0. The first-order valence-electron chi connectivity index (χ1n) is 12.6. The molecule has 0 saturated carbocycles. The van der Waals surface area contributed by atoms with Crippen molar-refractivity contribution < 1.29 is 14.7 Å². The molecule has 0 bridgehead atoms. The molecule has 6 rings (SSSR count). The number of nitrogens with zero attached hydrogens (tertiary/aromatic N) is 4. The van der Waals surface area contributed by atoms with Gasteiger partial charge in [-0.1, -0.05) is 66.4 Å². The highest BCUT2D eigenvalue weighted by molar-refractivity contribution is 7.99. The van der Waals surface area contributed by atoms with Gasteiger partial charge in [0, 0.05) is 15.4 Å². The van der Waals surface area contributed by atoms with Gasteiger partial charge in [0.2, 0.25) is 11.9 Å². The molecule has 4 aromatic carbocycles. The van der Waals surface area contributed by atoms with Gasteiger partial charge in [0.1, 0.15) is 5.75 Å². The van der Waals surface area contributed by atoms with Crippen molar-refractivity contribution in [3.8, 4) is 17.1 Å². The number of benzene rings is 4. The summed E-state index contributed by atoms with van der Waals surface area (Å²) in [5.74, 6) is 0.173. The summed E-state index contributed by atoms with van der Waals surface area (Å²) in [6.45, 7) is -0.102. The van der Waals surface area contributed by atoms with Gasteiger partial charge in [-0.3, -0.25) is 19.9 Å². The number of carbonyl (C=O) groups is 2.